The van der Waals surface area contributed by atoms with E-state index in [-0.39, 0.29) is 0 Å². The van der Waals surface area contributed by atoms with Crippen molar-refractivity contribution >= 4 is 0 Å². The molecule has 1 aromatic heterocycles. The van der Waals surface area contributed by atoms with E-state index in [9.17, 15) is 0 Å². The van der Waals surface area contributed by atoms with E-state index in [1.54, 1.807) is 0 Å². The van der Waals surface area contributed by atoms with Crippen molar-refractivity contribution < 1.29 is 4.74 Å². The van der Waals surface area contributed by atoms with Crippen LogP contribution in [0.15, 0.2) is 18.2 Å². The fourth-order valence-corrected chi connectivity index (χ4v) is 2.75. The van der Waals surface area contributed by atoms with E-state index in [0.29, 0.717) is 0 Å². The molecule has 0 radical (unpaired) electrons. The van der Waals surface area contributed by atoms with Crippen molar-refractivity contribution in [2.45, 2.75) is 51.9 Å². The summed E-state index contributed by atoms with van der Waals surface area (Å²) in [6.45, 7) is 3.04. The van der Waals surface area contributed by atoms with Gasteiger partial charge in [-0.2, -0.15) is 4.68 Å². The van der Waals surface area contributed by atoms with E-state index in [1.165, 1.54) is 31.2 Å². The summed E-state index contributed by atoms with van der Waals surface area (Å²) in [6.07, 6.45) is 8.18. The molecule has 2 heterocycles. The van der Waals surface area contributed by atoms with Crippen LogP contribution < -0.4 is 4.74 Å². The van der Waals surface area contributed by atoms with E-state index in [2.05, 4.69) is 34.6 Å². The lowest BCUT2D eigenvalue weighted by Crippen LogP contribution is -2.13. The molecule has 0 saturated heterocycles. The Morgan fingerprint density at radius 2 is 2.05 bits per heavy atom. The standard InChI is InChI=1S/C16H22N4O/c1-2-3-4-5-6-11-21-14-8-9-15-13(12-14)7-10-16-17-18-19-20(15)16/h8-9,12H,2-7,10-11H2,1H3. The zero-order valence-corrected chi connectivity index (χ0v) is 12.6. The topological polar surface area (TPSA) is 52.8 Å². The van der Waals surface area contributed by atoms with Crippen LogP contribution in [0.2, 0.25) is 0 Å². The van der Waals surface area contributed by atoms with Crippen LogP contribution in [0.5, 0.6) is 5.75 Å². The third-order valence-electron chi connectivity index (χ3n) is 3.95. The van der Waals surface area contributed by atoms with Crippen molar-refractivity contribution in [1.29, 1.82) is 0 Å². The lowest BCUT2D eigenvalue weighted by Gasteiger charge is -2.17. The van der Waals surface area contributed by atoms with Crippen LogP contribution in [0.25, 0.3) is 5.69 Å². The Hall–Kier alpha value is -1.91. The molecule has 0 spiro atoms. The highest BCUT2D eigenvalue weighted by Gasteiger charge is 2.18. The van der Waals surface area contributed by atoms with Crippen molar-refractivity contribution in [3.8, 4) is 11.4 Å². The third kappa shape index (κ3) is 3.23. The number of aryl methyl sites for hydroxylation is 2. The largest absolute Gasteiger partial charge is 0.494 e. The Bertz CT molecular complexity index is 594. The second-order valence-electron chi connectivity index (χ2n) is 5.56. The average molecular weight is 286 g/mol. The number of benzene rings is 1. The molecule has 0 N–H and O–H groups in total. The Morgan fingerprint density at radius 3 is 2.95 bits per heavy atom. The molecule has 5 nitrogen and oxygen atoms in total. The molecule has 1 aliphatic heterocycles. The monoisotopic (exact) mass is 286 g/mol. The Kier molecular flexibility index (Phi) is 4.48. The SMILES string of the molecule is CCCCCCCOc1ccc2c(c1)CCc1nnnn1-2. The number of unbranched alkanes of at least 4 members (excludes halogenated alkanes) is 4. The quantitative estimate of drug-likeness (QED) is 0.734. The summed E-state index contributed by atoms with van der Waals surface area (Å²) in [7, 11) is 0. The van der Waals surface area contributed by atoms with Crippen LogP contribution in [0.4, 0.5) is 0 Å². The first-order valence-electron chi connectivity index (χ1n) is 7.92. The maximum atomic E-state index is 5.86. The minimum Gasteiger partial charge on any atom is -0.494 e. The Balaban J connectivity index is 1.57. The van der Waals surface area contributed by atoms with Crippen LogP contribution in [-0.4, -0.2) is 26.8 Å². The van der Waals surface area contributed by atoms with Gasteiger partial charge in [0, 0.05) is 6.42 Å². The minimum absolute atomic E-state index is 0.804. The number of tetrazole rings is 1. The molecule has 0 saturated carbocycles. The van der Waals surface area contributed by atoms with Crippen LogP contribution in [0.1, 0.15) is 50.4 Å². The van der Waals surface area contributed by atoms with Gasteiger partial charge in [0.25, 0.3) is 0 Å². The molecule has 1 aliphatic rings. The van der Waals surface area contributed by atoms with E-state index in [4.69, 9.17) is 4.74 Å². The summed E-state index contributed by atoms with van der Waals surface area (Å²) >= 11 is 0. The van der Waals surface area contributed by atoms with Crippen LogP contribution in [-0.2, 0) is 12.8 Å². The fraction of sp³-hybridized carbons (Fsp3) is 0.562. The average Bonchev–Trinajstić information content (AvgIpc) is 2.99. The molecule has 3 rings (SSSR count). The molecular weight excluding hydrogens is 264 g/mol. The van der Waals surface area contributed by atoms with Gasteiger partial charge in [0.15, 0.2) is 5.82 Å². The molecule has 2 aromatic rings. The van der Waals surface area contributed by atoms with E-state index in [1.807, 2.05) is 10.7 Å². The fourth-order valence-electron chi connectivity index (χ4n) is 2.75. The second-order valence-corrected chi connectivity index (χ2v) is 5.56. The number of hydrogen-bond acceptors (Lipinski definition) is 4. The molecule has 0 unspecified atom stereocenters. The molecule has 0 bridgehead atoms. The lowest BCUT2D eigenvalue weighted by molar-refractivity contribution is 0.304. The van der Waals surface area contributed by atoms with Gasteiger partial charge in [0.2, 0.25) is 0 Å². The van der Waals surface area contributed by atoms with Gasteiger partial charge in [-0.1, -0.05) is 32.6 Å². The number of aromatic nitrogens is 4. The molecule has 21 heavy (non-hydrogen) atoms. The maximum absolute atomic E-state index is 5.86. The number of fused-ring (bicyclic) bond motifs is 3. The normalized spacial score (nSPS) is 12.8. The molecule has 5 heteroatoms. The summed E-state index contributed by atoms with van der Waals surface area (Å²) in [5.41, 5.74) is 2.34. The summed E-state index contributed by atoms with van der Waals surface area (Å²) in [4.78, 5) is 0. The molecule has 1 aromatic carbocycles. The first kappa shape index (κ1) is 14.0. The number of rotatable bonds is 7. The Morgan fingerprint density at radius 1 is 1.14 bits per heavy atom. The number of hydrogen-bond donors (Lipinski definition) is 0. The van der Waals surface area contributed by atoms with E-state index < -0.39 is 0 Å². The predicted octanol–water partition coefficient (Wildman–Crippen LogP) is 3.11. The lowest BCUT2D eigenvalue weighted by atomic mass is 10.0. The zero-order chi connectivity index (χ0) is 14.5. The zero-order valence-electron chi connectivity index (χ0n) is 12.6. The number of nitrogens with zero attached hydrogens (tertiary/aromatic N) is 4. The van der Waals surface area contributed by atoms with Crippen molar-refractivity contribution in [1.82, 2.24) is 20.2 Å². The van der Waals surface area contributed by atoms with Crippen LogP contribution in [0.3, 0.4) is 0 Å². The smallest absolute Gasteiger partial charge is 0.157 e. The molecular formula is C16H22N4O. The summed E-state index contributed by atoms with van der Waals surface area (Å²) in [6, 6.07) is 6.20. The summed E-state index contributed by atoms with van der Waals surface area (Å²) < 4.78 is 7.69. The van der Waals surface area contributed by atoms with Gasteiger partial charge < -0.3 is 4.74 Å². The van der Waals surface area contributed by atoms with Gasteiger partial charge in [0.05, 0.1) is 12.3 Å². The van der Waals surface area contributed by atoms with Crippen LogP contribution in [0, 0.1) is 0 Å². The first-order chi connectivity index (χ1) is 10.4. The molecule has 0 aliphatic carbocycles. The maximum Gasteiger partial charge on any atom is 0.157 e. The minimum atomic E-state index is 0.804. The Labute approximate surface area is 125 Å². The highest BCUT2D eigenvalue weighted by Crippen LogP contribution is 2.26. The van der Waals surface area contributed by atoms with Crippen molar-refractivity contribution in [2.24, 2.45) is 0 Å². The van der Waals surface area contributed by atoms with Gasteiger partial charge in [-0.15, -0.1) is 5.10 Å². The van der Waals surface area contributed by atoms with E-state index >= 15 is 0 Å². The van der Waals surface area contributed by atoms with Gasteiger partial charge in [-0.25, -0.2) is 0 Å². The van der Waals surface area contributed by atoms with E-state index in [0.717, 1.165) is 43.1 Å². The predicted molar refractivity (Wildman–Crippen MR) is 80.8 cm³/mol. The molecule has 0 amide bonds. The van der Waals surface area contributed by atoms with Crippen molar-refractivity contribution in [3.05, 3.63) is 29.6 Å². The van der Waals surface area contributed by atoms with Crippen molar-refractivity contribution in [3.63, 3.8) is 0 Å². The van der Waals surface area contributed by atoms with Gasteiger partial charge in [-0.05, 0) is 47.0 Å². The highest BCUT2D eigenvalue weighted by atomic mass is 16.5. The van der Waals surface area contributed by atoms with Crippen LogP contribution >= 0.6 is 0 Å². The van der Waals surface area contributed by atoms with Crippen molar-refractivity contribution in [2.75, 3.05) is 6.61 Å². The molecule has 0 fully saturated rings. The summed E-state index contributed by atoms with van der Waals surface area (Å²) in [5, 5.41) is 11.8. The first-order valence-corrected chi connectivity index (χ1v) is 7.92. The van der Waals surface area contributed by atoms with Gasteiger partial charge in [-0.3, -0.25) is 0 Å². The van der Waals surface area contributed by atoms with Gasteiger partial charge >= 0.3 is 0 Å². The number of ether oxygens (including phenoxy) is 1. The second kappa shape index (κ2) is 6.70. The highest BCUT2D eigenvalue weighted by molar-refractivity contribution is 5.47. The van der Waals surface area contributed by atoms with Gasteiger partial charge in [0.1, 0.15) is 5.75 Å². The molecule has 0 atom stereocenters. The molecule has 112 valence electrons. The third-order valence-corrected chi connectivity index (χ3v) is 3.95. The summed E-state index contributed by atoms with van der Waals surface area (Å²) in [5.74, 6) is 1.90.